The maximum absolute atomic E-state index is 12.7. The minimum absolute atomic E-state index is 0.0417. The molecule has 2 aliphatic heterocycles. The van der Waals surface area contributed by atoms with Crippen molar-refractivity contribution in [1.29, 1.82) is 0 Å². The van der Waals surface area contributed by atoms with Gasteiger partial charge in [0.25, 0.3) is 0 Å². The Morgan fingerprint density at radius 3 is 2.67 bits per heavy atom. The van der Waals surface area contributed by atoms with Crippen LogP contribution in [0.1, 0.15) is 44.6 Å². The summed E-state index contributed by atoms with van der Waals surface area (Å²) in [7, 11) is 0. The van der Waals surface area contributed by atoms with Gasteiger partial charge < -0.3 is 20.4 Å². The van der Waals surface area contributed by atoms with Crippen LogP contribution >= 0.6 is 0 Å². The Morgan fingerprint density at radius 2 is 2.03 bits per heavy atom. The number of carbonyl (C=O) groups excluding carboxylic acids is 2. The maximum atomic E-state index is 12.7. The van der Waals surface area contributed by atoms with E-state index < -0.39 is 0 Å². The Labute approximate surface area is 192 Å². The number of nitrogens with zero attached hydrogens (tertiary/aromatic N) is 5. The second-order valence-corrected chi connectivity index (χ2v) is 9.97. The highest BCUT2D eigenvalue weighted by molar-refractivity contribution is 5.90. The normalized spacial score (nSPS) is 23.4. The van der Waals surface area contributed by atoms with E-state index in [1.807, 2.05) is 15.5 Å². The minimum Gasteiger partial charge on any atom is -0.367 e. The van der Waals surface area contributed by atoms with Crippen molar-refractivity contribution in [2.45, 2.75) is 45.1 Å². The molecule has 4 heterocycles. The Kier molecular flexibility index (Phi) is 4.50. The molecule has 2 saturated heterocycles. The van der Waals surface area contributed by atoms with Gasteiger partial charge in [-0.1, -0.05) is 13.5 Å². The Bertz CT molecular complexity index is 1200. The Hall–Kier alpha value is -3.36. The molecule has 9 nitrogen and oxygen atoms in total. The van der Waals surface area contributed by atoms with E-state index in [-0.39, 0.29) is 11.3 Å². The largest absolute Gasteiger partial charge is 0.367 e. The molecule has 0 radical (unpaired) electrons. The average molecular weight is 448 g/mol. The lowest BCUT2D eigenvalue weighted by molar-refractivity contribution is -0.136. The van der Waals surface area contributed by atoms with Crippen LogP contribution in [0.2, 0.25) is 0 Å². The standard InChI is InChI=1S/C24H29N7O2/c1-15-16(12-21(32)26-15)11-17-14-25-31-20(27-18-3-4-18)13-19(28-22(17)31)29-7-9-30(10-8-29)23(33)24(2)5-6-24/h11,13-14,18,27H,1,3-10,12H2,2H3,(H,26,32)/b16-11+. The summed E-state index contributed by atoms with van der Waals surface area (Å²) >= 11 is 0. The first-order valence-electron chi connectivity index (χ1n) is 11.8. The molecule has 2 N–H and O–H groups in total. The van der Waals surface area contributed by atoms with E-state index in [2.05, 4.69) is 40.2 Å². The number of aromatic nitrogens is 3. The zero-order valence-electron chi connectivity index (χ0n) is 18.9. The van der Waals surface area contributed by atoms with Gasteiger partial charge >= 0.3 is 0 Å². The molecule has 33 heavy (non-hydrogen) atoms. The number of nitrogens with one attached hydrogen (secondary N) is 2. The lowest BCUT2D eigenvalue weighted by Crippen LogP contribution is -2.50. The molecule has 0 unspecified atom stereocenters. The van der Waals surface area contributed by atoms with E-state index in [4.69, 9.17) is 4.98 Å². The number of anilines is 2. The summed E-state index contributed by atoms with van der Waals surface area (Å²) in [5, 5.41) is 10.9. The fourth-order valence-corrected chi connectivity index (χ4v) is 4.59. The molecule has 0 bridgehead atoms. The third-order valence-corrected chi connectivity index (χ3v) is 7.18. The van der Waals surface area contributed by atoms with Crippen LogP contribution in [0.4, 0.5) is 11.6 Å². The van der Waals surface area contributed by atoms with Gasteiger partial charge in [-0.2, -0.15) is 9.61 Å². The predicted molar refractivity (Wildman–Crippen MR) is 126 cm³/mol. The summed E-state index contributed by atoms with van der Waals surface area (Å²) in [5.74, 6) is 2.06. The van der Waals surface area contributed by atoms with E-state index in [9.17, 15) is 9.59 Å². The zero-order valence-corrected chi connectivity index (χ0v) is 18.9. The summed E-state index contributed by atoms with van der Waals surface area (Å²) in [6, 6.07) is 2.54. The number of amides is 2. The number of hydrogen-bond acceptors (Lipinski definition) is 6. The van der Waals surface area contributed by atoms with Crippen LogP contribution in [-0.2, 0) is 9.59 Å². The molecule has 0 aromatic carbocycles. The molecule has 6 rings (SSSR count). The van der Waals surface area contributed by atoms with Gasteiger partial charge in [0, 0.05) is 55.0 Å². The van der Waals surface area contributed by atoms with Crippen LogP contribution in [0, 0.1) is 5.41 Å². The molecular weight excluding hydrogens is 418 g/mol. The lowest BCUT2D eigenvalue weighted by atomic mass is 10.1. The van der Waals surface area contributed by atoms with Gasteiger partial charge in [0.15, 0.2) is 5.65 Å². The van der Waals surface area contributed by atoms with Crippen LogP contribution in [0.3, 0.4) is 0 Å². The monoisotopic (exact) mass is 447 g/mol. The molecule has 172 valence electrons. The summed E-state index contributed by atoms with van der Waals surface area (Å²) in [6.07, 6.45) is 8.39. The Balaban J connectivity index is 1.30. The number of rotatable bonds is 5. The molecule has 2 amide bonds. The van der Waals surface area contributed by atoms with Gasteiger partial charge in [0.05, 0.1) is 12.6 Å². The van der Waals surface area contributed by atoms with Crippen LogP contribution < -0.4 is 15.5 Å². The van der Waals surface area contributed by atoms with Crippen LogP contribution in [0.15, 0.2) is 30.1 Å². The van der Waals surface area contributed by atoms with Crippen molar-refractivity contribution in [2.24, 2.45) is 5.41 Å². The van der Waals surface area contributed by atoms with Crippen molar-refractivity contribution in [3.05, 3.63) is 35.7 Å². The number of allylic oxidation sites excluding steroid dienone is 1. The first-order chi connectivity index (χ1) is 15.9. The second-order valence-electron chi connectivity index (χ2n) is 9.97. The molecule has 2 aliphatic carbocycles. The molecule has 9 heteroatoms. The van der Waals surface area contributed by atoms with Crippen molar-refractivity contribution >= 4 is 35.2 Å². The van der Waals surface area contributed by atoms with Gasteiger partial charge in [-0.3, -0.25) is 9.59 Å². The molecule has 4 fully saturated rings. The van der Waals surface area contributed by atoms with Crippen LogP contribution in [-0.4, -0.2) is 63.5 Å². The summed E-state index contributed by atoms with van der Waals surface area (Å²) in [4.78, 5) is 33.7. The van der Waals surface area contributed by atoms with Gasteiger partial charge in [-0.05, 0) is 37.3 Å². The molecule has 0 spiro atoms. The van der Waals surface area contributed by atoms with Crippen molar-refractivity contribution in [3.63, 3.8) is 0 Å². The van der Waals surface area contributed by atoms with Crippen LogP contribution in [0.5, 0.6) is 0 Å². The number of carbonyl (C=O) groups is 2. The summed E-state index contributed by atoms with van der Waals surface area (Å²) in [5.41, 5.74) is 2.98. The van der Waals surface area contributed by atoms with Gasteiger partial charge in [0.1, 0.15) is 11.6 Å². The van der Waals surface area contributed by atoms with Gasteiger partial charge in [0.2, 0.25) is 11.8 Å². The highest BCUT2D eigenvalue weighted by atomic mass is 16.2. The van der Waals surface area contributed by atoms with E-state index in [1.54, 1.807) is 6.20 Å². The third kappa shape index (κ3) is 3.75. The quantitative estimate of drug-likeness (QED) is 0.730. The molecule has 4 aliphatic rings. The zero-order chi connectivity index (χ0) is 22.7. The first-order valence-corrected chi connectivity index (χ1v) is 11.8. The van der Waals surface area contributed by atoms with E-state index in [0.29, 0.717) is 24.1 Å². The van der Waals surface area contributed by atoms with Gasteiger partial charge in [-0.15, -0.1) is 0 Å². The fourth-order valence-electron chi connectivity index (χ4n) is 4.59. The van der Waals surface area contributed by atoms with E-state index in [0.717, 1.165) is 80.3 Å². The average Bonchev–Trinajstić information content (AvgIpc) is 3.71. The fraction of sp³-hybridized carbons (Fsp3) is 0.500. The first kappa shape index (κ1) is 20.3. The molecule has 2 aromatic heterocycles. The third-order valence-electron chi connectivity index (χ3n) is 7.18. The molecular formula is C24H29N7O2. The number of piperazine rings is 1. The highest BCUT2D eigenvalue weighted by Gasteiger charge is 2.47. The van der Waals surface area contributed by atoms with E-state index >= 15 is 0 Å². The topological polar surface area (TPSA) is 94.9 Å². The predicted octanol–water partition coefficient (Wildman–Crippen LogP) is 2.17. The highest BCUT2D eigenvalue weighted by Crippen LogP contribution is 2.46. The molecule has 0 atom stereocenters. The number of fused-ring (bicyclic) bond motifs is 1. The van der Waals surface area contributed by atoms with E-state index in [1.165, 1.54) is 0 Å². The SMILES string of the molecule is C=C1NC(=O)C/C1=C\c1cnn2c(NC3CC3)cc(N3CCN(C(=O)C4(C)CC4)CC3)nc12. The lowest BCUT2D eigenvalue weighted by Gasteiger charge is -2.36. The second kappa shape index (κ2) is 7.33. The van der Waals surface area contributed by atoms with Gasteiger partial charge in [-0.25, -0.2) is 4.98 Å². The van der Waals surface area contributed by atoms with Crippen molar-refractivity contribution in [1.82, 2.24) is 24.8 Å². The minimum atomic E-state index is -0.124. The van der Waals surface area contributed by atoms with Crippen molar-refractivity contribution in [2.75, 3.05) is 36.4 Å². The summed E-state index contributed by atoms with van der Waals surface area (Å²) in [6.45, 7) is 8.97. The Morgan fingerprint density at radius 1 is 1.27 bits per heavy atom. The van der Waals surface area contributed by atoms with Crippen molar-refractivity contribution < 1.29 is 9.59 Å². The van der Waals surface area contributed by atoms with Crippen molar-refractivity contribution in [3.8, 4) is 0 Å². The molecule has 2 aromatic rings. The van der Waals surface area contributed by atoms with Crippen LogP contribution in [0.25, 0.3) is 11.7 Å². The smallest absolute Gasteiger partial charge is 0.228 e. The number of hydrogen-bond donors (Lipinski definition) is 2. The molecule has 2 saturated carbocycles. The maximum Gasteiger partial charge on any atom is 0.228 e. The summed E-state index contributed by atoms with van der Waals surface area (Å²) < 4.78 is 1.84.